The number of amides is 1. The summed E-state index contributed by atoms with van der Waals surface area (Å²) in [6.07, 6.45) is 1.91. The Bertz CT molecular complexity index is 1310. The van der Waals surface area contributed by atoms with Crippen LogP contribution in [0.5, 0.6) is 5.75 Å². The molecule has 0 spiro atoms. The molecular weight excluding hydrogens is 446 g/mol. The molecule has 1 saturated heterocycles. The highest BCUT2D eigenvalue weighted by molar-refractivity contribution is 7.89. The summed E-state index contributed by atoms with van der Waals surface area (Å²) in [5.74, 6) is 0.700. The lowest BCUT2D eigenvalue weighted by molar-refractivity contribution is 0.0997. The van der Waals surface area contributed by atoms with Crippen molar-refractivity contribution < 1.29 is 17.9 Å². The van der Waals surface area contributed by atoms with Gasteiger partial charge >= 0.3 is 0 Å². The summed E-state index contributed by atoms with van der Waals surface area (Å²) in [6, 6.07) is 11.9. The topological polar surface area (TPSA) is 81.0 Å². The third kappa shape index (κ3) is 4.37. The maximum Gasteiger partial charge on any atom is 0.279 e. The van der Waals surface area contributed by atoms with Crippen LogP contribution in [0.3, 0.4) is 0 Å². The molecule has 0 bridgehead atoms. The molecule has 1 amide bonds. The minimum atomic E-state index is -3.55. The standard InChI is InChI=1S/C23H27N3O4S2/c1-4-26-20-12-9-18(30-3)14-21(20)31-23(26)24-22(27)17-7-10-19(11-8-17)32(28,29)25-13-5-6-16(2)15-25/h7-12,14,16H,4-6,13,15H2,1-3H3/t16-/m1/s1. The zero-order valence-corrected chi connectivity index (χ0v) is 20.1. The summed E-state index contributed by atoms with van der Waals surface area (Å²) in [7, 11) is -1.94. The number of aryl methyl sites for hydroxylation is 1. The minimum absolute atomic E-state index is 0.209. The van der Waals surface area contributed by atoms with E-state index < -0.39 is 15.9 Å². The van der Waals surface area contributed by atoms with Gasteiger partial charge in [-0.2, -0.15) is 9.30 Å². The Morgan fingerprint density at radius 1 is 1.22 bits per heavy atom. The van der Waals surface area contributed by atoms with Gasteiger partial charge in [0.15, 0.2) is 4.80 Å². The number of hydrogen-bond donors (Lipinski definition) is 0. The van der Waals surface area contributed by atoms with Crippen LogP contribution in [0, 0.1) is 5.92 Å². The summed E-state index contributed by atoms with van der Waals surface area (Å²) in [6.45, 7) is 5.81. The first kappa shape index (κ1) is 22.7. The SMILES string of the molecule is CCn1c(=NC(=O)c2ccc(S(=O)(=O)N3CCC[C@@H](C)C3)cc2)sc2cc(OC)ccc21. The van der Waals surface area contributed by atoms with E-state index in [1.54, 1.807) is 19.2 Å². The number of benzene rings is 2. The Hall–Kier alpha value is -2.49. The number of methoxy groups -OCH3 is 1. The fourth-order valence-electron chi connectivity index (χ4n) is 4.01. The Kier molecular flexibility index (Phi) is 6.50. The molecule has 0 aliphatic carbocycles. The number of carbonyl (C=O) groups excluding carboxylic acids is 1. The van der Waals surface area contributed by atoms with Crippen molar-refractivity contribution >= 4 is 37.5 Å². The highest BCUT2D eigenvalue weighted by Crippen LogP contribution is 2.25. The average molecular weight is 474 g/mol. The van der Waals surface area contributed by atoms with Crippen LogP contribution < -0.4 is 9.54 Å². The van der Waals surface area contributed by atoms with Crippen molar-refractivity contribution in [2.75, 3.05) is 20.2 Å². The van der Waals surface area contributed by atoms with Gasteiger partial charge in [-0.25, -0.2) is 8.42 Å². The van der Waals surface area contributed by atoms with E-state index in [1.165, 1.54) is 27.8 Å². The molecule has 4 rings (SSSR count). The molecule has 0 unspecified atom stereocenters. The number of fused-ring (bicyclic) bond motifs is 1. The summed E-state index contributed by atoms with van der Waals surface area (Å²) in [5, 5.41) is 0. The second-order valence-corrected chi connectivity index (χ2v) is 11.0. The molecule has 3 aromatic rings. The van der Waals surface area contributed by atoms with Gasteiger partial charge < -0.3 is 9.30 Å². The van der Waals surface area contributed by atoms with Crippen LogP contribution in [0.4, 0.5) is 0 Å². The van der Waals surface area contributed by atoms with Gasteiger partial charge in [0, 0.05) is 25.2 Å². The van der Waals surface area contributed by atoms with E-state index in [4.69, 9.17) is 4.74 Å². The number of sulfonamides is 1. The van der Waals surface area contributed by atoms with Crippen molar-refractivity contribution in [2.24, 2.45) is 10.9 Å². The number of rotatable bonds is 5. The number of aromatic nitrogens is 1. The first-order valence-corrected chi connectivity index (χ1v) is 13.0. The zero-order chi connectivity index (χ0) is 22.9. The maximum atomic E-state index is 12.9. The van der Waals surface area contributed by atoms with Crippen LogP contribution >= 0.6 is 11.3 Å². The number of hydrogen-bond acceptors (Lipinski definition) is 5. The molecule has 1 aromatic heterocycles. The lowest BCUT2D eigenvalue weighted by Crippen LogP contribution is -2.39. The van der Waals surface area contributed by atoms with Gasteiger partial charge in [0.1, 0.15) is 5.75 Å². The molecule has 1 aliphatic heterocycles. The Morgan fingerprint density at radius 2 is 1.97 bits per heavy atom. The average Bonchev–Trinajstić information content (AvgIpc) is 3.14. The van der Waals surface area contributed by atoms with Crippen LogP contribution in [0.2, 0.25) is 0 Å². The van der Waals surface area contributed by atoms with Gasteiger partial charge in [0.25, 0.3) is 5.91 Å². The van der Waals surface area contributed by atoms with E-state index in [-0.39, 0.29) is 4.90 Å². The lowest BCUT2D eigenvalue weighted by Gasteiger charge is -2.30. The van der Waals surface area contributed by atoms with Crippen molar-refractivity contribution in [1.82, 2.24) is 8.87 Å². The van der Waals surface area contributed by atoms with E-state index in [2.05, 4.69) is 11.9 Å². The van der Waals surface area contributed by atoms with Crippen LogP contribution in [0.15, 0.2) is 52.4 Å². The fraction of sp³-hybridized carbons (Fsp3) is 0.391. The van der Waals surface area contributed by atoms with Gasteiger partial charge in [0.2, 0.25) is 10.0 Å². The third-order valence-corrected chi connectivity index (χ3v) is 8.68. The molecule has 170 valence electrons. The van der Waals surface area contributed by atoms with Crippen LogP contribution in [0.25, 0.3) is 10.2 Å². The monoisotopic (exact) mass is 473 g/mol. The summed E-state index contributed by atoms with van der Waals surface area (Å²) in [4.78, 5) is 18.0. The summed E-state index contributed by atoms with van der Waals surface area (Å²) >= 11 is 1.42. The highest BCUT2D eigenvalue weighted by atomic mass is 32.2. The van der Waals surface area contributed by atoms with Crippen molar-refractivity contribution in [3.05, 3.63) is 52.8 Å². The molecule has 0 saturated carbocycles. The van der Waals surface area contributed by atoms with Gasteiger partial charge in [0.05, 0.1) is 22.2 Å². The smallest absolute Gasteiger partial charge is 0.279 e. The molecular formula is C23H27N3O4S2. The van der Waals surface area contributed by atoms with Crippen LogP contribution in [-0.2, 0) is 16.6 Å². The molecule has 0 N–H and O–H groups in total. The van der Waals surface area contributed by atoms with Gasteiger partial charge in [-0.3, -0.25) is 4.79 Å². The van der Waals surface area contributed by atoms with Gasteiger partial charge in [-0.05, 0) is 68.1 Å². The number of nitrogens with zero attached hydrogens (tertiary/aromatic N) is 3. The Labute approximate surface area is 192 Å². The zero-order valence-electron chi connectivity index (χ0n) is 18.4. The second kappa shape index (κ2) is 9.17. The largest absolute Gasteiger partial charge is 0.497 e. The first-order chi connectivity index (χ1) is 15.3. The predicted octanol–water partition coefficient (Wildman–Crippen LogP) is 3.89. The van der Waals surface area contributed by atoms with E-state index in [0.717, 1.165) is 28.8 Å². The maximum absolute atomic E-state index is 12.9. The third-order valence-electron chi connectivity index (χ3n) is 5.76. The highest BCUT2D eigenvalue weighted by Gasteiger charge is 2.28. The van der Waals surface area contributed by atoms with E-state index in [0.29, 0.717) is 35.9 Å². The second-order valence-electron chi connectivity index (χ2n) is 8.01. The van der Waals surface area contributed by atoms with Crippen molar-refractivity contribution in [2.45, 2.75) is 38.1 Å². The minimum Gasteiger partial charge on any atom is -0.497 e. The van der Waals surface area contributed by atoms with Gasteiger partial charge in [-0.15, -0.1) is 0 Å². The number of thiazole rings is 1. The van der Waals surface area contributed by atoms with Crippen LogP contribution in [0.1, 0.15) is 37.0 Å². The molecule has 2 aromatic carbocycles. The molecule has 1 fully saturated rings. The number of ether oxygens (including phenoxy) is 1. The Morgan fingerprint density at radius 3 is 2.62 bits per heavy atom. The van der Waals surface area contributed by atoms with E-state index in [9.17, 15) is 13.2 Å². The molecule has 1 atom stereocenters. The fourth-order valence-corrected chi connectivity index (χ4v) is 6.73. The molecule has 1 aliphatic rings. The van der Waals surface area contributed by atoms with Crippen molar-refractivity contribution in [3.63, 3.8) is 0 Å². The van der Waals surface area contributed by atoms with Crippen molar-refractivity contribution in [3.8, 4) is 5.75 Å². The first-order valence-electron chi connectivity index (χ1n) is 10.7. The Balaban J connectivity index is 1.62. The quantitative estimate of drug-likeness (QED) is 0.563. The molecule has 2 heterocycles. The molecule has 32 heavy (non-hydrogen) atoms. The lowest BCUT2D eigenvalue weighted by atomic mass is 10.0. The van der Waals surface area contributed by atoms with Crippen molar-refractivity contribution in [1.29, 1.82) is 0 Å². The number of piperidine rings is 1. The normalized spacial score (nSPS) is 18.2. The molecule has 9 heteroatoms. The molecule has 0 radical (unpaired) electrons. The molecule has 7 nitrogen and oxygen atoms in total. The summed E-state index contributed by atoms with van der Waals surface area (Å²) < 4.78 is 35.7. The predicted molar refractivity (Wildman–Crippen MR) is 126 cm³/mol. The van der Waals surface area contributed by atoms with Crippen LogP contribution in [-0.4, -0.2) is 43.4 Å². The van der Waals surface area contributed by atoms with Gasteiger partial charge in [-0.1, -0.05) is 18.3 Å². The van der Waals surface area contributed by atoms with E-state index in [1.807, 2.05) is 29.7 Å². The van der Waals surface area contributed by atoms with E-state index >= 15 is 0 Å². The summed E-state index contributed by atoms with van der Waals surface area (Å²) in [5.41, 5.74) is 1.34. The number of carbonyl (C=O) groups is 1.